The third-order valence-corrected chi connectivity index (χ3v) is 3.52. The van der Waals surface area contributed by atoms with Crippen molar-refractivity contribution in [2.45, 2.75) is 17.1 Å². The van der Waals surface area contributed by atoms with Gasteiger partial charge in [-0.05, 0) is 24.2 Å². The number of hydrogen-bond donors (Lipinski definition) is 1. The fourth-order valence-electron chi connectivity index (χ4n) is 1.74. The molecular weight excluding hydrogens is 282 g/mol. The van der Waals surface area contributed by atoms with Gasteiger partial charge in [0.2, 0.25) is 0 Å². The van der Waals surface area contributed by atoms with Crippen LogP contribution < -0.4 is 5.73 Å². The number of aryl methyl sites for hydroxylation is 1. The Labute approximate surface area is 126 Å². The molecule has 2 heterocycles. The average Bonchev–Trinajstić information content (AvgIpc) is 2.50. The molecule has 0 aliphatic rings. The predicted octanol–water partition coefficient (Wildman–Crippen LogP) is 2.98. The smallest absolute Gasteiger partial charge is 0.193 e. The molecule has 0 aliphatic carbocycles. The molecule has 2 aromatic heterocycles. The molecule has 5 nitrogen and oxygen atoms in total. The molecule has 0 saturated carbocycles. The molecule has 0 saturated heterocycles. The molecule has 3 rings (SSSR count). The number of nitrogen functional groups attached to an aromatic ring is 1. The Morgan fingerprint density at radius 1 is 1.00 bits per heavy atom. The van der Waals surface area contributed by atoms with E-state index in [1.54, 1.807) is 18.5 Å². The fourth-order valence-corrected chi connectivity index (χ4v) is 2.45. The molecule has 0 atom stereocenters. The molecule has 1 aromatic carbocycles. The van der Waals surface area contributed by atoms with Gasteiger partial charge < -0.3 is 5.73 Å². The summed E-state index contributed by atoms with van der Waals surface area (Å²) in [6.07, 6.45) is 3.55. The van der Waals surface area contributed by atoms with Gasteiger partial charge in [-0.1, -0.05) is 30.3 Å². The van der Waals surface area contributed by atoms with Crippen molar-refractivity contribution < 1.29 is 0 Å². The van der Waals surface area contributed by atoms with Gasteiger partial charge in [0.15, 0.2) is 11.0 Å². The Bertz CT molecular complexity index is 744. The van der Waals surface area contributed by atoms with Crippen LogP contribution in [-0.2, 0) is 0 Å². The topological polar surface area (TPSA) is 77.6 Å². The van der Waals surface area contributed by atoms with Crippen LogP contribution in [0.4, 0.5) is 5.82 Å². The van der Waals surface area contributed by atoms with Crippen LogP contribution in [0.1, 0.15) is 5.56 Å². The Hall–Kier alpha value is -2.47. The number of hydrogen-bond acceptors (Lipinski definition) is 6. The van der Waals surface area contributed by atoms with Crippen LogP contribution in [0.5, 0.6) is 0 Å². The molecule has 104 valence electrons. The van der Waals surface area contributed by atoms with Gasteiger partial charge >= 0.3 is 0 Å². The van der Waals surface area contributed by atoms with E-state index < -0.39 is 0 Å². The van der Waals surface area contributed by atoms with Gasteiger partial charge in [-0.25, -0.2) is 19.9 Å². The van der Waals surface area contributed by atoms with Crippen molar-refractivity contribution in [3.63, 3.8) is 0 Å². The van der Waals surface area contributed by atoms with Crippen molar-refractivity contribution in [2.24, 2.45) is 0 Å². The van der Waals surface area contributed by atoms with Gasteiger partial charge in [0, 0.05) is 24.0 Å². The third-order valence-electron chi connectivity index (χ3n) is 2.71. The summed E-state index contributed by atoms with van der Waals surface area (Å²) in [4.78, 5) is 17.3. The molecule has 0 aliphatic heterocycles. The summed E-state index contributed by atoms with van der Waals surface area (Å²) < 4.78 is 0. The van der Waals surface area contributed by atoms with Crippen LogP contribution in [0, 0.1) is 6.92 Å². The minimum Gasteiger partial charge on any atom is -0.384 e. The van der Waals surface area contributed by atoms with E-state index in [0.29, 0.717) is 16.8 Å². The highest BCUT2D eigenvalue weighted by atomic mass is 32.2. The zero-order chi connectivity index (χ0) is 14.7. The Balaban J connectivity index is 1.93. The maximum absolute atomic E-state index is 5.87. The van der Waals surface area contributed by atoms with E-state index >= 15 is 0 Å². The van der Waals surface area contributed by atoms with Gasteiger partial charge in [0.05, 0.1) is 0 Å². The summed E-state index contributed by atoms with van der Waals surface area (Å²) in [7, 11) is 0. The quantitative estimate of drug-likeness (QED) is 0.591. The fraction of sp³-hybridized carbons (Fsp3) is 0.0667. The summed E-state index contributed by atoms with van der Waals surface area (Å²) in [5.74, 6) is 1.03. The first-order valence-corrected chi connectivity index (χ1v) is 7.19. The highest BCUT2D eigenvalue weighted by molar-refractivity contribution is 7.99. The van der Waals surface area contributed by atoms with Crippen LogP contribution in [0.25, 0.3) is 11.4 Å². The Morgan fingerprint density at radius 2 is 1.71 bits per heavy atom. The maximum Gasteiger partial charge on any atom is 0.193 e. The largest absolute Gasteiger partial charge is 0.384 e. The van der Waals surface area contributed by atoms with Gasteiger partial charge in [-0.2, -0.15) is 0 Å². The highest BCUT2D eigenvalue weighted by Crippen LogP contribution is 2.26. The summed E-state index contributed by atoms with van der Waals surface area (Å²) in [6.45, 7) is 1.95. The van der Waals surface area contributed by atoms with Crippen molar-refractivity contribution in [1.82, 2.24) is 19.9 Å². The summed E-state index contributed by atoms with van der Waals surface area (Å²) in [5, 5.41) is 1.36. The maximum atomic E-state index is 5.87. The van der Waals surface area contributed by atoms with Crippen molar-refractivity contribution in [2.75, 3.05) is 5.73 Å². The molecule has 6 heteroatoms. The second kappa shape index (κ2) is 5.88. The first-order valence-electron chi connectivity index (χ1n) is 6.37. The van der Waals surface area contributed by atoms with E-state index in [1.165, 1.54) is 11.8 Å². The van der Waals surface area contributed by atoms with Crippen LogP contribution in [0.2, 0.25) is 0 Å². The van der Waals surface area contributed by atoms with E-state index in [-0.39, 0.29) is 0 Å². The lowest BCUT2D eigenvalue weighted by Gasteiger charge is -2.05. The first kappa shape index (κ1) is 13.5. The van der Waals surface area contributed by atoms with E-state index in [0.717, 1.165) is 16.2 Å². The second-order valence-corrected chi connectivity index (χ2v) is 5.45. The Morgan fingerprint density at radius 3 is 2.43 bits per heavy atom. The van der Waals surface area contributed by atoms with Gasteiger partial charge in [0.1, 0.15) is 10.8 Å². The normalized spacial score (nSPS) is 10.5. The molecule has 0 radical (unpaired) electrons. The molecule has 21 heavy (non-hydrogen) atoms. The third kappa shape index (κ3) is 3.35. The summed E-state index contributed by atoms with van der Waals surface area (Å²) in [5.41, 5.74) is 7.82. The first-order chi connectivity index (χ1) is 10.2. The van der Waals surface area contributed by atoms with E-state index in [9.17, 15) is 0 Å². The standard InChI is InChI=1S/C15H13N5S/c1-10-8-17-15(18-9-10)21-13-7-12(16)19-14(20-13)11-5-3-2-4-6-11/h2-9H,1H3,(H2,16,19,20). The van der Waals surface area contributed by atoms with Crippen molar-refractivity contribution in [1.29, 1.82) is 0 Å². The number of nitrogens with zero attached hydrogens (tertiary/aromatic N) is 4. The molecular formula is C15H13N5S. The number of nitrogens with two attached hydrogens (primary N) is 1. The minimum atomic E-state index is 0.429. The van der Waals surface area contributed by atoms with Crippen LogP contribution in [-0.4, -0.2) is 19.9 Å². The molecule has 2 N–H and O–H groups in total. The van der Waals surface area contributed by atoms with Gasteiger partial charge in [-0.15, -0.1) is 0 Å². The number of anilines is 1. The van der Waals surface area contributed by atoms with Crippen molar-refractivity contribution in [3.8, 4) is 11.4 Å². The molecule has 3 aromatic rings. The minimum absolute atomic E-state index is 0.429. The number of aromatic nitrogens is 4. The van der Waals surface area contributed by atoms with E-state index in [1.807, 2.05) is 37.3 Å². The summed E-state index contributed by atoms with van der Waals surface area (Å²) >= 11 is 1.37. The van der Waals surface area contributed by atoms with Crippen LogP contribution in [0.3, 0.4) is 0 Å². The zero-order valence-corrected chi connectivity index (χ0v) is 12.2. The summed E-state index contributed by atoms with van der Waals surface area (Å²) in [6, 6.07) is 11.5. The van der Waals surface area contributed by atoms with Crippen molar-refractivity contribution >= 4 is 17.6 Å². The number of benzene rings is 1. The molecule has 0 unspecified atom stereocenters. The Kier molecular flexibility index (Phi) is 3.79. The van der Waals surface area contributed by atoms with E-state index in [4.69, 9.17) is 5.73 Å². The van der Waals surface area contributed by atoms with Gasteiger partial charge in [0.25, 0.3) is 0 Å². The molecule has 0 bridgehead atoms. The zero-order valence-electron chi connectivity index (χ0n) is 11.4. The predicted molar refractivity (Wildman–Crippen MR) is 82.8 cm³/mol. The second-order valence-electron chi connectivity index (χ2n) is 4.47. The monoisotopic (exact) mass is 295 g/mol. The van der Waals surface area contributed by atoms with E-state index in [2.05, 4.69) is 19.9 Å². The van der Waals surface area contributed by atoms with Crippen LogP contribution in [0.15, 0.2) is 59.0 Å². The lowest BCUT2D eigenvalue weighted by molar-refractivity contribution is 0.942. The molecule has 0 spiro atoms. The highest BCUT2D eigenvalue weighted by Gasteiger charge is 2.08. The number of rotatable bonds is 3. The van der Waals surface area contributed by atoms with Gasteiger partial charge in [-0.3, -0.25) is 0 Å². The lowest BCUT2D eigenvalue weighted by atomic mass is 10.2. The lowest BCUT2D eigenvalue weighted by Crippen LogP contribution is -1.97. The van der Waals surface area contributed by atoms with Crippen molar-refractivity contribution in [3.05, 3.63) is 54.4 Å². The molecule has 0 amide bonds. The SMILES string of the molecule is Cc1cnc(Sc2cc(N)nc(-c3ccccc3)n2)nc1. The molecule has 0 fully saturated rings. The van der Waals surface area contributed by atoms with Crippen LogP contribution >= 0.6 is 11.8 Å². The average molecular weight is 295 g/mol.